The molecule has 1 saturated carbocycles. The Morgan fingerprint density at radius 2 is 1.94 bits per heavy atom. The molecule has 5 heteroatoms. The largest absolute Gasteiger partial charge is 0.481 e. The van der Waals surface area contributed by atoms with Crippen LogP contribution in [-0.2, 0) is 16.1 Å². The molecule has 18 heavy (non-hydrogen) atoms. The maximum Gasteiger partial charge on any atom is 0.307 e. The summed E-state index contributed by atoms with van der Waals surface area (Å²) in [7, 11) is 1.63. The molecule has 2 atom stereocenters. The van der Waals surface area contributed by atoms with Crippen molar-refractivity contribution in [2.45, 2.75) is 13.0 Å². The van der Waals surface area contributed by atoms with Crippen molar-refractivity contribution in [3.63, 3.8) is 0 Å². The van der Waals surface area contributed by atoms with Crippen molar-refractivity contribution in [2.75, 3.05) is 7.05 Å². The highest BCUT2D eigenvalue weighted by molar-refractivity contribution is 5.89. The predicted octanol–water partition coefficient (Wildman–Crippen LogP) is 1.50. The van der Waals surface area contributed by atoms with Gasteiger partial charge in [-0.2, -0.15) is 0 Å². The van der Waals surface area contributed by atoms with Gasteiger partial charge in [-0.3, -0.25) is 9.59 Å². The highest BCUT2D eigenvalue weighted by Gasteiger charge is 2.49. The zero-order valence-corrected chi connectivity index (χ0v) is 9.97. The van der Waals surface area contributed by atoms with Crippen molar-refractivity contribution in [3.8, 4) is 0 Å². The van der Waals surface area contributed by atoms with E-state index in [1.165, 1.54) is 17.0 Å². The third-order valence-electron chi connectivity index (χ3n) is 3.13. The number of carboxylic acid groups (broad SMARTS) is 1. The first kappa shape index (κ1) is 12.5. The van der Waals surface area contributed by atoms with Gasteiger partial charge in [0.25, 0.3) is 0 Å². The molecule has 0 bridgehead atoms. The quantitative estimate of drug-likeness (QED) is 0.882. The second-order valence-electron chi connectivity index (χ2n) is 4.61. The summed E-state index contributed by atoms with van der Waals surface area (Å²) in [6.45, 7) is 0.363. The lowest BCUT2D eigenvalue weighted by Gasteiger charge is -2.17. The van der Waals surface area contributed by atoms with Gasteiger partial charge in [0.15, 0.2) is 0 Å². The van der Waals surface area contributed by atoms with Crippen LogP contribution >= 0.6 is 0 Å². The highest BCUT2D eigenvalue weighted by atomic mass is 19.1. The SMILES string of the molecule is CN(Cc1ccc(F)cc1)C(=O)[C@@H]1C[C@@H]1C(=O)O. The van der Waals surface area contributed by atoms with Crippen LogP contribution in [0.5, 0.6) is 0 Å². The van der Waals surface area contributed by atoms with Crippen molar-refractivity contribution in [3.05, 3.63) is 35.6 Å². The van der Waals surface area contributed by atoms with E-state index in [0.29, 0.717) is 13.0 Å². The van der Waals surface area contributed by atoms with E-state index in [1.54, 1.807) is 19.2 Å². The number of benzene rings is 1. The van der Waals surface area contributed by atoms with E-state index in [0.717, 1.165) is 5.56 Å². The Kier molecular flexibility index (Phi) is 3.32. The average Bonchev–Trinajstić information content (AvgIpc) is 3.11. The monoisotopic (exact) mass is 251 g/mol. The first-order valence-corrected chi connectivity index (χ1v) is 5.71. The van der Waals surface area contributed by atoms with E-state index in [9.17, 15) is 14.0 Å². The summed E-state index contributed by atoms with van der Waals surface area (Å²) < 4.78 is 12.7. The summed E-state index contributed by atoms with van der Waals surface area (Å²) in [6.07, 6.45) is 0.419. The Balaban J connectivity index is 1.92. The molecule has 1 fully saturated rings. The molecule has 1 N–H and O–H groups in total. The number of carbonyl (C=O) groups excluding carboxylic acids is 1. The molecule has 96 valence electrons. The maximum absolute atomic E-state index is 12.7. The maximum atomic E-state index is 12.7. The number of amides is 1. The lowest BCUT2D eigenvalue weighted by atomic mass is 10.2. The van der Waals surface area contributed by atoms with Gasteiger partial charge in [0.05, 0.1) is 11.8 Å². The number of rotatable bonds is 4. The van der Waals surface area contributed by atoms with Crippen LogP contribution in [0.2, 0.25) is 0 Å². The van der Waals surface area contributed by atoms with E-state index in [2.05, 4.69) is 0 Å². The van der Waals surface area contributed by atoms with Gasteiger partial charge in [-0.15, -0.1) is 0 Å². The van der Waals surface area contributed by atoms with Crippen molar-refractivity contribution in [2.24, 2.45) is 11.8 Å². The third-order valence-corrected chi connectivity index (χ3v) is 3.13. The molecule has 0 spiro atoms. The topological polar surface area (TPSA) is 57.6 Å². The highest BCUT2D eigenvalue weighted by Crippen LogP contribution is 2.40. The van der Waals surface area contributed by atoms with E-state index in [4.69, 9.17) is 5.11 Å². The lowest BCUT2D eigenvalue weighted by molar-refractivity contribution is -0.141. The predicted molar refractivity (Wildman–Crippen MR) is 62.1 cm³/mol. The van der Waals surface area contributed by atoms with Gasteiger partial charge in [0.1, 0.15) is 5.82 Å². The molecular weight excluding hydrogens is 237 g/mol. The Hall–Kier alpha value is -1.91. The molecule has 0 aliphatic heterocycles. The normalized spacial score (nSPS) is 21.4. The second kappa shape index (κ2) is 4.76. The van der Waals surface area contributed by atoms with Gasteiger partial charge in [-0.1, -0.05) is 12.1 Å². The van der Waals surface area contributed by atoms with Gasteiger partial charge >= 0.3 is 5.97 Å². The molecular formula is C13H14FNO3. The van der Waals surface area contributed by atoms with Crippen molar-refractivity contribution in [1.29, 1.82) is 0 Å². The first-order valence-electron chi connectivity index (χ1n) is 5.71. The minimum atomic E-state index is -0.913. The van der Waals surface area contributed by atoms with Gasteiger partial charge < -0.3 is 10.0 Å². The fourth-order valence-corrected chi connectivity index (χ4v) is 1.97. The molecule has 4 nitrogen and oxygen atoms in total. The van der Waals surface area contributed by atoms with Crippen molar-refractivity contribution >= 4 is 11.9 Å². The number of carboxylic acids is 1. The van der Waals surface area contributed by atoms with Crippen LogP contribution in [0, 0.1) is 17.7 Å². The molecule has 0 saturated heterocycles. The van der Waals surface area contributed by atoms with Crippen LogP contribution in [0.1, 0.15) is 12.0 Å². The molecule has 1 aliphatic rings. The van der Waals surface area contributed by atoms with E-state index in [1.807, 2.05) is 0 Å². The number of aliphatic carboxylic acids is 1. The average molecular weight is 251 g/mol. The summed E-state index contributed by atoms with van der Waals surface area (Å²) in [4.78, 5) is 24.0. The molecule has 1 aromatic rings. The summed E-state index contributed by atoms with van der Waals surface area (Å²) in [5.74, 6) is -2.32. The fourth-order valence-electron chi connectivity index (χ4n) is 1.97. The van der Waals surface area contributed by atoms with Crippen molar-refractivity contribution in [1.82, 2.24) is 4.90 Å². The Bertz CT molecular complexity index is 472. The Labute approximate surface area is 104 Å². The van der Waals surface area contributed by atoms with E-state index < -0.39 is 17.8 Å². The molecule has 1 aromatic carbocycles. The van der Waals surface area contributed by atoms with Crippen LogP contribution in [0.3, 0.4) is 0 Å². The first-order chi connectivity index (χ1) is 8.49. The molecule has 0 aromatic heterocycles. The molecule has 2 rings (SSSR count). The van der Waals surface area contributed by atoms with Crippen LogP contribution in [-0.4, -0.2) is 28.9 Å². The van der Waals surface area contributed by atoms with Crippen LogP contribution in [0.4, 0.5) is 4.39 Å². The smallest absolute Gasteiger partial charge is 0.307 e. The zero-order valence-electron chi connectivity index (χ0n) is 9.97. The lowest BCUT2D eigenvalue weighted by Crippen LogP contribution is -2.28. The minimum absolute atomic E-state index is 0.160. The standard InChI is InChI=1S/C13H14FNO3/c1-15(7-8-2-4-9(14)5-3-8)12(16)10-6-11(10)13(17)18/h2-5,10-11H,6-7H2,1H3,(H,17,18)/t10-,11+/m1/s1. The van der Waals surface area contributed by atoms with E-state index in [-0.39, 0.29) is 11.7 Å². The molecule has 0 heterocycles. The number of nitrogens with zero attached hydrogens (tertiary/aromatic N) is 1. The summed E-state index contributed by atoms with van der Waals surface area (Å²) in [6, 6.07) is 5.90. The van der Waals surface area contributed by atoms with Gasteiger partial charge in [0, 0.05) is 13.6 Å². The summed E-state index contributed by atoms with van der Waals surface area (Å²) in [5, 5.41) is 8.76. The van der Waals surface area contributed by atoms with Crippen molar-refractivity contribution < 1.29 is 19.1 Å². The van der Waals surface area contributed by atoms with Gasteiger partial charge in [-0.05, 0) is 24.1 Å². The van der Waals surface area contributed by atoms with Gasteiger partial charge in [-0.25, -0.2) is 4.39 Å². The zero-order chi connectivity index (χ0) is 13.3. The third kappa shape index (κ3) is 2.67. The molecule has 1 amide bonds. The fraction of sp³-hybridized carbons (Fsp3) is 0.385. The Morgan fingerprint density at radius 1 is 1.33 bits per heavy atom. The number of carbonyl (C=O) groups is 2. The number of hydrogen-bond donors (Lipinski definition) is 1. The molecule has 0 unspecified atom stereocenters. The summed E-state index contributed by atoms with van der Waals surface area (Å²) in [5.41, 5.74) is 0.819. The van der Waals surface area contributed by atoms with Gasteiger partial charge in [0.2, 0.25) is 5.91 Å². The molecule has 1 aliphatic carbocycles. The second-order valence-corrected chi connectivity index (χ2v) is 4.61. The minimum Gasteiger partial charge on any atom is -0.481 e. The number of hydrogen-bond acceptors (Lipinski definition) is 2. The van der Waals surface area contributed by atoms with Crippen LogP contribution in [0.15, 0.2) is 24.3 Å². The van der Waals surface area contributed by atoms with E-state index >= 15 is 0 Å². The molecule has 0 radical (unpaired) electrons. The van der Waals surface area contributed by atoms with Crippen LogP contribution in [0.25, 0.3) is 0 Å². The number of halogens is 1. The Morgan fingerprint density at radius 3 is 2.44 bits per heavy atom. The van der Waals surface area contributed by atoms with Crippen LogP contribution < -0.4 is 0 Å². The summed E-state index contributed by atoms with van der Waals surface area (Å²) >= 11 is 0.